The molecule has 5 rings (SSSR count). The number of anilines is 2. The Morgan fingerprint density at radius 3 is 2.75 bits per heavy atom. The lowest BCUT2D eigenvalue weighted by atomic mass is 10.2. The average molecular weight is 489 g/mol. The van der Waals surface area contributed by atoms with Crippen LogP contribution < -0.4 is 25.0 Å². The predicted molar refractivity (Wildman–Crippen MR) is 134 cm³/mol. The molecule has 0 radical (unpaired) electrons. The van der Waals surface area contributed by atoms with Gasteiger partial charge in [0.1, 0.15) is 17.9 Å². The van der Waals surface area contributed by atoms with Gasteiger partial charge in [0.15, 0.2) is 0 Å². The van der Waals surface area contributed by atoms with Crippen molar-refractivity contribution in [1.29, 1.82) is 0 Å². The van der Waals surface area contributed by atoms with Crippen molar-refractivity contribution in [2.45, 2.75) is 13.0 Å². The highest BCUT2D eigenvalue weighted by Crippen LogP contribution is 2.33. The Kier molecular flexibility index (Phi) is 6.83. The van der Waals surface area contributed by atoms with Crippen LogP contribution in [0.15, 0.2) is 54.7 Å². The molecule has 1 saturated heterocycles. The minimum absolute atomic E-state index is 0.119. The van der Waals surface area contributed by atoms with Gasteiger partial charge in [0.05, 0.1) is 7.11 Å². The van der Waals surface area contributed by atoms with Gasteiger partial charge in [-0.3, -0.25) is 4.79 Å². The Hall–Kier alpha value is -4.34. The molecule has 1 fully saturated rings. The summed E-state index contributed by atoms with van der Waals surface area (Å²) in [7, 11) is 1.62. The first-order valence-corrected chi connectivity index (χ1v) is 11.9. The van der Waals surface area contributed by atoms with E-state index in [-0.39, 0.29) is 30.0 Å². The second-order valence-electron chi connectivity index (χ2n) is 8.53. The van der Waals surface area contributed by atoms with Crippen LogP contribution in [0, 0.1) is 0 Å². The van der Waals surface area contributed by atoms with Crippen LogP contribution in [0.25, 0.3) is 0 Å². The van der Waals surface area contributed by atoms with Gasteiger partial charge in [-0.15, -0.1) is 0 Å². The molecule has 0 atom stereocenters. The normalized spacial score (nSPS) is 14.4. The van der Waals surface area contributed by atoms with E-state index in [1.807, 2.05) is 47.4 Å². The number of ether oxygens (including phenoxy) is 2. The summed E-state index contributed by atoms with van der Waals surface area (Å²) in [5.74, 6) is 1.09. The smallest absolute Gasteiger partial charge is 0.317 e. The number of carbonyl (C=O) groups is 2. The van der Waals surface area contributed by atoms with E-state index in [2.05, 4.69) is 26.7 Å². The maximum absolute atomic E-state index is 13.0. The van der Waals surface area contributed by atoms with Crippen molar-refractivity contribution in [3.05, 3.63) is 71.4 Å². The molecule has 0 bridgehead atoms. The second kappa shape index (κ2) is 10.5. The van der Waals surface area contributed by atoms with E-state index in [1.54, 1.807) is 12.0 Å². The number of amides is 3. The number of methoxy groups -OCH3 is 1. The lowest BCUT2D eigenvalue weighted by Gasteiger charge is -2.19. The van der Waals surface area contributed by atoms with Gasteiger partial charge in [-0.1, -0.05) is 30.3 Å². The first kappa shape index (κ1) is 23.4. The lowest BCUT2D eigenvalue weighted by molar-refractivity contribution is 0.0944. The van der Waals surface area contributed by atoms with Gasteiger partial charge in [0, 0.05) is 44.6 Å². The zero-order valence-electron chi connectivity index (χ0n) is 20.1. The number of rotatable bonds is 9. The van der Waals surface area contributed by atoms with Crippen molar-refractivity contribution >= 4 is 23.6 Å². The highest BCUT2D eigenvalue weighted by Gasteiger charge is 2.25. The van der Waals surface area contributed by atoms with Gasteiger partial charge in [0.25, 0.3) is 5.91 Å². The van der Waals surface area contributed by atoms with Gasteiger partial charge < -0.3 is 29.9 Å². The van der Waals surface area contributed by atoms with Crippen LogP contribution in [0.1, 0.15) is 21.5 Å². The quantitative estimate of drug-likeness (QED) is 0.476. The zero-order chi connectivity index (χ0) is 24.9. The molecular weight excluding hydrogens is 460 g/mol. The fourth-order valence-electron chi connectivity index (χ4n) is 4.30. The van der Waals surface area contributed by atoms with E-state index in [4.69, 9.17) is 9.47 Å². The van der Waals surface area contributed by atoms with Crippen LogP contribution in [0.5, 0.6) is 11.6 Å². The summed E-state index contributed by atoms with van der Waals surface area (Å²) in [4.78, 5) is 37.6. The molecule has 36 heavy (non-hydrogen) atoms. The Labute approximate surface area is 209 Å². The zero-order valence-corrected chi connectivity index (χ0v) is 20.1. The number of nitrogens with one attached hydrogen (secondary N) is 2. The molecule has 2 aliphatic heterocycles. The molecule has 0 spiro atoms. The fraction of sp³-hybridized carbons (Fsp3) is 0.308. The molecular formula is C26H28N6O4. The largest absolute Gasteiger partial charge is 0.497 e. The van der Waals surface area contributed by atoms with Crippen molar-refractivity contribution in [1.82, 2.24) is 25.5 Å². The number of urea groups is 1. The second-order valence-corrected chi connectivity index (χ2v) is 8.53. The summed E-state index contributed by atoms with van der Waals surface area (Å²) in [5.41, 5.74) is 3.44. The van der Waals surface area contributed by atoms with Crippen molar-refractivity contribution in [2.24, 2.45) is 0 Å². The molecule has 0 saturated carbocycles. The number of hydrogen-bond donors (Lipinski definition) is 2. The molecule has 1 aromatic heterocycles. The van der Waals surface area contributed by atoms with Gasteiger partial charge in [-0.2, -0.15) is 4.98 Å². The van der Waals surface area contributed by atoms with E-state index in [1.165, 1.54) is 11.8 Å². The van der Waals surface area contributed by atoms with Crippen LogP contribution in [0.4, 0.5) is 16.4 Å². The third-order valence-electron chi connectivity index (χ3n) is 6.26. The number of hydrogen-bond acceptors (Lipinski definition) is 7. The summed E-state index contributed by atoms with van der Waals surface area (Å²) in [6.07, 6.45) is 2.40. The Bertz CT molecular complexity index is 1250. The van der Waals surface area contributed by atoms with Crippen molar-refractivity contribution < 1.29 is 19.1 Å². The number of fused-ring (bicyclic) bond motifs is 1. The third-order valence-corrected chi connectivity index (χ3v) is 6.26. The van der Waals surface area contributed by atoms with Crippen LogP contribution in [0.3, 0.4) is 0 Å². The lowest BCUT2D eigenvalue weighted by Crippen LogP contribution is -2.37. The predicted octanol–water partition coefficient (Wildman–Crippen LogP) is 2.51. The van der Waals surface area contributed by atoms with E-state index < -0.39 is 0 Å². The molecule has 0 unspecified atom stereocenters. The molecule has 2 aliphatic rings. The van der Waals surface area contributed by atoms with Crippen molar-refractivity contribution in [3.63, 3.8) is 0 Å². The molecule has 2 aromatic carbocycles. The fourth-order valence-corrected chi connectivity index (χ4v) is 4.30. The maximum atomic E-state index is 13.0. The monoisotopic (exact) mass is 488 g/mol. The van der Waals surface area contributed by atoms with Gasteiger partial charge in [-0.05, 0) is 35.7 Å². The first-order chi connectivity index (χ1) is 17.6. The van der Waals surface area contributed by atoms with Crippen LogP contribution in [-0.4, -0.2) is 66.6 Å². The molecule has 0 aliphatic carbocycles. The maximum Gasteiger partial charge on any atom is 0.317 e. The van der Waals surface area contributed by atoms with Crippen molar-refractivity contribution in [3.8, 4) is 11.6 Å². The van der Waals surface area contributed by atoms with Gasteiger partial charge >= 0.3 is 6.03 Å². The summed E-state index contributed by atoms with van der Waals surface area (Å²) in [6, 6.07) is 15.5. The van der Waals surface area contributed by atoms with E-state index in [0.29, 0.717) is 32.1 Å². The summed E-state index contributed by atoms with van der Waals surface area (Å²) < 4.78 is 11.3. The number of para-hydroxylation sites is 1. The SMILES string of the molecule is COc1ccc(COc2nc(N3CCc4ccccc43)ncc2C(=O)NCCN2CCNC2=O)cc1. The topological polar surface area (TPSA) is 109 Å². The number of nitrogens with zero attached hydrogens (tertiary/aromatic N) is 4. The molecule has 3 amide bonds. The summed E-state index contributed by atoms with van der Waals surface area (Å²) in [6.45, 7) is 2.95. The van der Waals surface area contributed by atoms with Crippen LogP contribution >= 0.6 is 0 Å². The van der Waals surface area contributed by atoms with Gasteiger partial charge in [0.2, 0.25) is 11.8 Å². The third kappa shape index (κ3) is 5.02. The van der Waals surface area contributed by atoms with E-state index >= 15 is 0 Å². The van der Waals surface area contributed by atoms with Crippen LogP contribution in [-0.2, 0) is 13.0 Å². The first-order valence-electron chi connectivity index (χ1n) is 11.9. The molecule has 10 nitrogen and oxygen atoms in total. The van der Waals surface area contributed by atoms with Crippen molar-refractivity contribution in [2.75, 3.05) is 44.7 Å². The van der Waals surface area contributed by atoms with Crippen LogP contribution in [0.2, 0.25) is 0 Å². The average Bonchev–Trinajstić information content (AvgIpc) is 3.53. The molecule has 2 N–H and O–H groups in total. The summed E-state index contributed by atoms with van der Waals surface area (Å²) in [5, 5.41) is 5.60. The standard InChI is InChI=1S/C26H28N6O4/c1-35-20-8-6-18(7-9-20)17-36-24-21(23(33)27-11-14-31-15-12-28-26(31)34)16-29-25(30-24)32-13-10-19-4-2-3-5-22(19)32/h2-9,16H,10-15,17H2,1H3,(H,27,33)(H,28,34). The Morgan fingerprint density at radius 1 is 1.14 bits per heavy atom. The molecule has 10 heteroatoms. The minimum atomic E-state index is -0.354. The molecule has 3 heterocycles. The number of carbonyl (C=O) groups excluding carboxylic acids is 2. The molecule has 3 aromatic rings. The van der Waals surface area contributed by atoms with E-state index in [9.17, 15) is 9.59 Å². The Balaban J connectivity index is 1.35. The number of benzene rings is 2. The summed E-state index contributed by atoms with van der Waals surface area (Å²) >= 11 is 0. The van der Waals surface area contributed by atoms with Gasteiger partial charge in [-0.25, -0.2) is 9.78 Å². The highest BCUT2D eigenvalue weighted by molar-refractivity contribution is 5.96. The molecule has 186 valence electrons. The van der Waals surface area contributed by atoms with E-state index in [0.717, 1.165) is 30.0 Å². The Morgan fingerprint density at radius 2 is 1.97 bits per heavy atom. The highest BCUT2D eigenvalue weighted by atomic mass is 16.5. The minimum Gasteiger partial charge on any atom is -0.497 e. The number of aromatic nitrogens is 2.